The Morgan fingerprint density at radius 3 is 2.33 bits per heavy atom. The smallest absolute Gasteiger partial charge is 0.337 e. The van der Waals surface area contributed by atoms with E-state index in [4.69, 9.17) is 9.47 Å². The van der Waals surface area contributed by atoms with Gasteiger partial charge in [0.05, 0.1) is 25.9 Å². The predicted molar refractivity (Wildman–Crippen MR) is 72.2 cm³/mol. The van der Waals surface area contributed by atoms with E-state index in [0.717, 1.165) is 11.1 Å². The van der Waals surface area contributed by atoms with E-state index in [0.29, 0.717) is 18.8 Å². The highest BCUT2D eigenvalue weighted by molar-refractivity contribution is 5.92. The van der Waals surface area contributed by atoms with Crippen LogP contribution in [0, 0.1) is 0 Å². The van der Waals surface area contributed by atoms with E-state index < -0.39 is 0 Å². The first-order valence-electron chi connectivity index (χ1n) is 5.96. The molecule has 0 bridgehead atoms. The molecule has 0 aromatic carbocycles. The van der Waals surface area contributed by atoms with Crippen LogP contribution in [-0.2, 0) is 14.3 Å². The number of esters is 1. The number of hydrogen-bond acceptors (Lipinski definition) is 3. The molecule has 0 aromatic heterocycles. The third kappa shape index (κ3) is 4.00. The standard InChI is InChI=1S/C15H20O3/c1-5-12(8-13-9-18-10-13)6-7-14(11(2)3)15(16)17-4/h5-8H,9-10H2,1-4H3/b7-6-,12-5+. The van der Waals surface area contributed by atoms with E-state index in [2.05, 4.69) is 6.08 Å². The van der Waals surface area contributed by atoms with Crippen molar-refractivity contribution in [2.75, 3.05) is 20.3 Å². The maximum Gasteiger partial charge on any atom is 0.337 e. The number of rotatable bonds is 4. The summed E-state index contributed by atoms with van der Waals surface area (Å²) >= 11 is 0. The van der Waals surface area contributed by atoms with Crippen molar-refractivity contribution in [2.45, 2.75) is 20.8 Å². The zero-order valence-corrected chi connectivity index (χ0v) is 11.4. The van der Waals surface area contributed by atoms with Crippen LogP contribution in [0.3, 0.4) is 0 Å². The third-order valence-corrected chi connectivity index (χ3v) is 2.67. The van der Waals surface area contributed by atoms with Crippen LogP contribution in [0.4, 0.5) is 0 Å². The molecule has 0 saturated carbocycles. The van der Waals surface area contributed by atoms with Crippen LogP contribution in [0.5, 0.6) is 0 Å². The van der Waals surface area contributed by atoms with Gasteiger partial charge in [0.1, 0.15) is 0 Å². The van der Waals surface area contributed by atoms with Crippen LogP contribution < -0.4 is 0 Å². The van der Waals surface area contributed by atoms with Crippen LogP contribution in [0.15, 0.2) is 46.6 Å². The number of carbonyl (C=O) groups is 1. The second kappa shape index (κ2) is 6.97. The fourth-order valence-corrected chi connectivity index (χ4v) is 1.49. The largest absolute Gasteiger partial charge is 0.465 e. The van der Waals surface area contributed by atoms with Crippen molar-refractivity contribution in [3.63, 3.8) is 0 Å². The maximum absolute atomic E-state index is 11.6. The summed E-state index contributed by atoms with van der Waals surface area (Å²) in [5.41, 5.74) is 3.87. The van der Waals surface area contributed by atoms with Crippen molar-refractivity contribution in [3.8, 4) is 0 Å². The molecule has 0 aliphatic carbocycles. The minimum Gasteiger partial charge on any atom is -0.465 e. The van der Waals surface area contributed by atoms with Crippen LogP contribution >= 0.6 is 0 Å². The zero-order valence-electron chi connectivity index (χ0n) is 11.4. The summed E-state index contributed by atoms with van der Waals surface area (Å²) < 4.78 is 9.85. The van der Waals surface area contributed by atoms with Gasteiger partial charge in [-0.3, -0.25) is 0 Å². The summed E-state index contributed by atoms with van der Waals surface area (Å²) in [6.07, 6.45) is 7.80. The highest BCUT2D eigenvalue weighted by Crippen LogP contribution is 2.14. The first-order valence-corrected chi connectivity index (χ1v) is 5.96. The number of ether oxygens (including phenoxy) is 2. The molecule has 0 N–H and O–H groups in total. The summed E-state index contributed by atoms with van der Waals surface area (Å²) in [7, 11) is 1.39. The summed E-state index contributed by atoms with van der Waals surface area (Å²) in [5, 5.41) is 0. The van der Waals surface area contributed by atoms with E-state index in [-0.39, 0.29) is 5.97 Å². The van der Waals surface area contributed by atoms with E-state index in [1.807, 2.05) is 32.9 Å². The number of carbonyl (C=O) groups excluding carboxylic acids is 1. The highest BCUT2D eigenvalue weighted by Gasteiger charge is 2.09. The molecule has 18 heavy (non-hydrogen) atoms. The van der Waals surface area contributed by atoms with E-state index in [1.165, 1.54) is 12.7 Å². The zero-order chi connectivity index (χ0) is 13.5. The average Bonchev–Trinajstić information content (AvgIpc) is 2.30. The molecule has 3 nitrogen and oxygen atoms in total. The quantitative estimate of drug-likeness (QED) is 0.436. The van der Waals surface area contributed by atoms with Crippen LogP contribution in [0.1, 0.15) is 20.8 Å². The lowest BCUT2D eigenvalue weighted by Crippen LogP contribution is -2.16. The third-order valence-electron chi connectivity index (χ3n) is 2.67. The van der Waals surface area contributed by atoms with Crippen LogP contribution in [-0.4, -0.2) is 26.3 Å². The lowest BCUT2D eigenvalue weighted by atomic mass is 10.1. The van der Waals surface area contributed by atoms with Gasteiger partial charge in [-0.1, -0.05) is 23.8 Å². The molecule has 0 aromatic rings. The molecular formula is C15H20O3. The van der Waals surface area contributed by atoms with Gasteiger partial charge in [0.25, 0.3) is 0 Å². The maximum atomic E-state index is 11.6. The Kier molecular flexibility index (Phi) is 5.59. The van der Waals surface area contributed by atoms with E-state index >= 15 is 0 Å². The molecule has 98 valence electrons. The van der Waals surface area contributed by atoms with Gasteiger partial charge in [0, 0.05) is 0 Å². The second-order valence-corrected chi connectivity index (χ2v) is 4.32. The Hall–Kier alpha value is -1.61. The SMILES string of the molecule is C/C=C(C=C1COC1)\C=C/C(C(=O)OC)=C(C)C. The van der Waals surface area contributed by atoms with Crippen molar-refractivity contribution >= 4 is 5.97 Å². The van der Waals surface area contributed by atoms with Crippen LogP contribution in [0.25, 0.3) is 0 Å². The van der Waals surface area contributed by atoms with Crippen molar-refractivity contribution in [2.24, 2.45) is 0 Å². The molecule has 1 heterocycles. The molecule has 1 saturated heterocycles. The molecule has 3 heteroatoms. The van der Waals surface area contributed by atoms with Gasteiger partial charge in [0.15, 0.2) is 0 Å². The first-order chi connectivity index (χ1) is 8.58. The lowest BCUT2D eigenvalue weighted by Gasteiger charge is -2.17. The molecule has 0 spiro atoms. The molecule has 0 radical (unpaired) electrons. The van der Waals surface area contributed by atoms with Gasteiger partial charge in [0.2, 0.25) is 0 Å². The minimum absolute atomic E-state index is 0.304. The molecule has 1 aliphatic heterocycles. The summed E-state index contributed by atoms with van der Waals surface area (Å²) in [6, 6.07) is 0. The molecule has 1 rings (SSSR count). The van der Waals surface area contributed by atoms with Gasteiger partial charge in [-0.05, 0) is 38.0 Å². The van der Waals surface area contributed by atoms with Gasteiger partial charge in [-0.2, -0.15) is 0 Å². The van der Waals surface area contributed by atoms with Crippen molar-refractivity contribution in [3.05, 3.63) is 46.6 Å². The summed E-state index contributed by atoms with van der Waals surface area (Å²) in [4.78, 5) is 11.6. The molecular weight excluding hydrogens is 228 g/mol. The Labute approximate surface area is 108 Å². The number of methoxy groups -OCH3 is 1. The summed E-state index contributed by atoms with van der Waals surface area (Å²) in [6.45, 7) is 7.17. The Bertz CT molecular complexity index is 427. The second-order valence-electron chi connectivity index (χ2n) is 4.32. The fourth-order valence-electron chi connectivity index (χ4n) is 1.49. The van der Waals surface area contributed by atoms with Gasteiger partial charge in [-0.15, -0.1) is 0 Å². The van der Waals surface area contributed by atoms with Gasteiger partial charge >= 0.3 is 5.97 Å². The van der Waals surface area contributed by atoms with Gasteiger partial charge < -0.3 is 9.47 Å². The minimum atomic E-state index is -0.304. The normalized spacial score (nSPS) is 15.3. The molecule has 1 aliphatic rings. The van der Waals surface area contributed by atoms with E-state index in [9.17, 15) is 4.79 Å². The Morgan fingerprint density at radius 1 is 1.28 bits per heavy atom. The van der Waals surface area contributed by atoms with Crippen molar-refractivity contribution < 1.29 is 14.3 Å². The molecule has 1 fully saturated rings. The Balaban J connectivity index is 2.82. The van der Waals surface area contributed by atoms with Crippen molar-refractivity contribution in [1.82, 2.24) is 0 Å². The molecule has 0 atom stereocenters. The lowest BCUT2D eigenvalue weighted by molar-refractivity contribution is -0.135. The van der Waals surface area contributed by atoms with Gasteiger partial charge in [-0.25, -0.2) is 4.79 Å². The van der Waals surface area contributed by atoms with Crippen molar-refractivity contribution in [1.29, 1.82) is 0 Å². The monoisotopic (exact) mass is 248 g/mol. The predicted octanol–water partition coefficient (Wildman–Crippen LogP) is 2.95. The fraction of sp³-hybridized carbons (Fsp3) is 0.400. The van der Waals surface area contributed by atoms with E-state index in [1.54, 1.807) is 6.08 Å². The summed E-state index contributed by atoms with van der Waals surface area (Å²) in [5.74, 6) is -0.304. The highest BCUT2D eigenvalue weighted by atomic mass is 16.5. The topological polar surface area (TPSA) is 35.5 Å². The van der Waals surface area contributed by atoms with Crippen LogP contribution in [0.2, 0.25) is 0 Å². The molecule has 0 amide bonds. The number of allylic oxidation sites excluding steroid dienone is 5. The Morgan fingerprint density at radius 2 is 1.94 bits per heavy atom. The number of hydrogen-bond donors (Lipinski definition) is 0. The first kappa shape index (κ1) is 14.5. The average molecular weight is 248 g/mol. The molecule has 0 unspecified atom stereocenters.